The molecule has 0 radical (unpaired) electrons. The Hall–Kier alpha value is -1.65. The number of anilines is 1. The molecule has 26 heavy (non-hydrogen) atoms. The average Bonchev–Trinajstić information content (AvgIpc) is 3.26. The molecule has 144 valence electrons. The fourth-order valence-electron chi connectivity index (χ4n) is 4.64. The van der Waals surface area contributed by atoms with E-state index in [1.807, 2.05) is 0 Å². The number of rotatable bonds is 6. The van der Waals surface area contributed by atoms with Crippen LogP contribution in [0.25, 0.3) is 0 Å². The number of hydrogen-bond acceptors (Lipinski definition) is 8. The molecule has 0 saturated carbocycles. The molecule has 9 nitrogen and oxygen atoms in total. The highest BCUT2D eigenvalue weighted by Crippen LogP contribution is 2.55. The van der Waals surface area contributed by atoms with Crippen LogP contribution in [0.15, 0.2) is 6.07 Å². The minimum atomic E-state index is -3.22. The molecule has 4 heterocycles. The molecule has 1 N–H and O–H groups in total. The van der Waals surface area contributed by atoms with Gasteiger partial charge in [-0.2, -0.15) is 9.97 Å². The average molecular weight is 384 g/mol. The Bertz CT molecular complexity index is 782. The Labute approximate surface area is 153 Å². The molecule has 3 saturated heterocycles. The lowest BCUT2D eigenvalue weighted by Gasteiger charge is -2.29. The van der Waals surface area contributed by atoms with Crippen molar-refractivity contribution in [2.24, 2.45) is 11.8 Å². The van der Waals surface area contributed by atoms with Gasteiger partial charge in [0.25, 0.3) is 0 Å². The summed E-state index contributed by atoms with van der Waals surface area (Å²) in [6, 6.07) is 2.05. The molecule has 1 aromatic heterocycles. The van der Waals surface area contributed by atoms with Gasteiger partial charge < -0.3 is 19.1 Å². The van der Waals surface area contributed by atoms with Crippen LogP contribution in [0.4, 0.5) is 5.82 Å². The summed E-state index contributed by atoms with van der Waals surface area (Å²) < 4.78 is 42.4. The highest BCUT2D eigenvalue weighted by Gasteiger charge is 2.63. The first-order valence-corrected chi connectivity index (χ1v) is 10.6. The number of fused-ring (bicyclic) bond motifs is 1. The highest BCUT2D eigenvalue weighted by atomic mass is 32.2. The predicted molar refractivity (Wildman–Crippen MR) is 94.0 cm³/mol. The molecule has 0 amide bonds. The van der Waals surface area contributed by atoms with Crippen molar-refractivity contribution < 1.29 is 22.6 Å². The zero-order valence-corrected chi connectivity index (χ0v) is 16.0. The van der Waals surface area contributed by atoms with Gasteiger partial charge in [0.2, 0.25) is 15.9 Å². The highest BCUT2D eigenvalue weighted by molar-refractivity contribution is 7.88. The molecule has 3 fully saturated rings. The molecule has 0 unspecified atom stereocenters. The molecule has 0 aromatic carbocycles. The number of nitrogens with one attached hydrogen (secondary N) is 1. The third-order valence-corrected chi connectivity index (χ3v) is 6.44. The maximum Gasteiger partial charge on any atom is 0.321 e. The smallest absolute Gasteiger partial charge is 0.321 e. The van der Waals surface area contributed by atoms with Gasteiger partial charge in [-0.3, -0.25) is 0 Å². The Kier molecular flexibility index (Phi) is 4.24. The predicted octanol–water partition coefficient (Wildman–Crippen LogP) is 0.0268. The minimum absolute atomic E-state index is 0.130. The molecule has 2 bridgehead atoms. The van der Waals surface area contributed by atoms with Gasteiger partial charge in [0.15, 0.2) is 0 Å². The first kappa shape index (κ1) is 17.7. The molecule has 3 aliphatic rings. The molecule has 3 aliphatic heterocycles. The number of hydrogen-bond donors (Lipinski definition) is 1. The van der Waals surface area contributed by atoms with Gasteiger partial charge in [-0.1, -0.05) is 0 Å². The van der Waals surface area contributed by atoms with E-state index in [4.69, 9.17) is 14.2 Å². The van der Waals surface area contributed by atoms with Crippen molar-refractivity contribution in [3.8, 4) is 11.9 Å². The second-order valence-corrected chi connectivity index (χ2v) is 9.12. The first-order chi connectivity index (χ1) is 12.3. The fraction of sp³-hybridized carbons (Fsp3) is 0.750. The Morgan fingerprint density at radius 3 is 2.88 bits per heavy atom. The van der Waals surface area contributed by atoms with Crippen molar-refractivity contribution in [2.75, 3.05) is 45.0 Å². The van der Waals surface area contributed by atoms with E-state index in [-0.39, 0.29) is 29.6 Å². The van der Waals surface area contributed by atoms with E-state index < -0.39 is 10.0 Å². The summed E-state index contributed by atoms with van der Waals surface area (Å²) in [4.78, 5) is 10.7. The van der Waals surface area contributed by atoms with Crippen LogP contribution in [-0.4, -0.2) is 70.2 Å². The summed E-state index contributed by atoms with van der Waals surface area (Å²) in [5.41, 5.74) is -0.222. The first-order valence-electron chi connectivity index (χ1n) is 8.68. The molecule has 4 rings (SSSR count). The van der Waals surface area contributed by atoms with Crippen LogP contribution in [0.1, 0.15) is 12.8 Å². The monoisotopic (exact) mass is 384 g/mol. The Morgan fingerprint density at radius 1 is 1.38 bits per heavy atom. The summed E-state index contributed by atoms with van der Waals surface area (Å²) in [6.45, 7) is 1.91. The van der Waals surface area contributed by atoms with Crippen molar-refractivity contribution in [3.63, 3.8) is 0 Å². The van der Waals surface area contributed by atoms with Crippen molar-refractivity contribution in [1.29, 1.82) is 0 Å². The molecule has 1 spiro atoms. The van der Waals surface area contributed by atoms with Crippen LogP contribution in [-0.2, 0) is 14.8 Å². The molecular formula is C16H24N4O5S. The van der Waals surface area contributed by atoms with Gasteiger partial charge in [0.05, 0.1) is 32.2 Å². The topological polar surface area (TPSA) is 103 Å². The summed E-state index contributed by atoms with van der Waals surface area (Å²) in [5, 5.41) is 0. The van der Waals surface area contributed by atoms with E-state index in [0.717, 1.165) is 31.7 Å². The lowest BCUT2D eigenvalue weighted by molar-refractivity contribution is 0.0142. The van der Waals surface area contributed by atoms with Gasteiger partial charge in [-0.25, -0.2) is 13.1 Å². The maximum atomic E-state index is 11.5. The maximum absolute atomic E-state index is 11.5. The number of sulfonamides is 1. The number of aromatic nitrogens is 2. The number of nitrogens with zero attached hydrogens (tertiary/aromatic N) is 3. The van der Waals surface area contributed by atoms with Crippen molar-refractivity contribution in [3.05, 3.63) is 6.07 Å². The summed E-state index contributed by atoms with van der Waals surface area (Å²) in [7, 11) is -0.139. The van der Waals surface area contributed by atoms with Crippen LogP contribution in [0, 0.1) is 11.8 Å². The van der Waals surface area contributed by atoms with Gasteiger partial charge >= 0.3 is 6.01 Å². The van der Waals surface area contributed by atoms with Crippen molar-refractivity contribution >= 4 is 15.8 Å². The lowest BCUT2D eigenvalue weighted by atomic mass is 9.74. The van der Waals surface area contributed by atoms with Gasteiger partial charge in [-0.15, -0.1) is 0 Å². The Balaban J connectivity index is 1.57. The van der Waals surface area contributed by atoms with Crippen LogP contribution >= 0.6 is 0 Å². The molecule has 10 heteroatoms. The zero-order chi connectivity index (χ0) is 18.5. The van der Waals surface area contributed by atoms with E-state index in [0.29, 0.717) is 12.4 Å². The quantitative estimate of drug-likeness (QED) is 0.733. The lowest BCUT2D eigenvalue weighted by Crippen LogP contribution is -2.41. The van der Waals surface area contributed by atoms with E-state index in [2.05, 4.69) is 19.6 Å². The molecule has 1 aromatic rings. The molecular weight excluding hydrogens is 360 g/mol. The van der Waals surface area contributed by atoms with E-state index >= 15 is 0 Å². The van der Waals surface area contributed by atoms with E-state index in [9.17, 15) is 8.42 Å². The Morgan fingerprint density at radius 2 is 2.19 bits per heavy atom. The second kappa shape index (κ2) is 6.21. The fourth-order valence-corrected chi connectivity index (χ4v) is 5.13. The number of ether oxygens (including phenoxy) is 3. The third kappa shape index (κ3) is 2.99. The molecule has 0 aliphatic carbocycles. The molecule has 4 atom stereocenters. The van der Waals surface area contributed by atoms with Gasteiger partial charge in [0, 0.05) is 37.5 Å². The van der Waals surface area contributed by atoms with Crippen LogP contribution in [0.3, 0.4) is 0 Å². The minimum Gasteiger partial charge on any atom is -0.481 e. The van der Waals surface area contributed by atoms with Crippen molar-refractivity contribution in [1.82, 2.24) is 14.7 Å². The van der Waals surface area contributed by atoms with E-state index in [1.54, 1.807) is 13.2 Å². The van der Waals surface area contributed by atoms with Crippen LogP contribution in [0.5, 0.6) is 11.9 Å². The third-order valence-electron chi connectivity index (χ3n) is 5.75. The summed E-state index contributed by atoms with van der Waals surface area (Å²) in [6.07, 6.45) is 3.28. The standard InChI is InChI=1S/C16H24N4O5S/c1-23-14-6-13(18-15(19-14)24-2)20-8-11-10(7-17-26(3,21)22)12-4-5-16(11,9-20)25-12/h6,10-12,17H,4-5,7-9H2,1-3H3/t10-,11+,12+,16+/m0/s1. The number of methoxy groups -OCH3 is 2. The van der Waals surface area contributed by atoms with E-state index in [1.165, 1.54) is 13.4 Å². The second-order valence-electron chi connectivity index (χ2n) is 7.29. The van der Waals surface area contributed by atoms with Crippen LogP contribution < -0.4 is 19.1 Å². The largest absolute Gasteiger partial charge is 0.481 e. The summed E-state index contributed by atoms with van der Waals surface area (Å²) in [5.74, 6) is 1.62. The summed E-state index contributed by atoms with van der Waals surface area (Å²) >= 11 is 0. The normalized spacial score (nSPS) is 32.7. The SMILES string of the molecule is COc1cc(N2C[C@@H]3[C@H](CNS(C)(=O)=O)[C@H]4CC[C@]3(C2)O4)nc(OC)n1. The van der Waals surface area contributed by atoms with Gasteiger partial charge in [-0.05, 0) is 12.8 Å². The van der Waals surface area contributed by atoms with Crippen LogP contribution in [0.2, 0.25) is 0 Å². The zero-order valence-electron chi connectivity index (χ0n) is 15.1. The van der Waals surface area contributed by atoms with Gasteiger partial charge in [0.1, 0.15) is 5.82 Å². The van der Waals surface area contributed by atoms with Crippen molar-refractivity contribution in [2.45, 2.75) is 24.5 Å².